The first-order chi connectivity index (χ1) is 9.88. The molecule has 100 valence electrons. The highest BCUT2D eigenvalue weighted by molar-refractivity contribution is 5.33. The highest BCUT2D eigenvalue weighted by Crippen LogP contribution is 2.20. The smallest absolute Gasteiger partial charge is 0.115 e. The van der Waals surface area contributed by atoms with Crippen molar-refractivity contribution in [2.45, 2.75) is 6.04 Å². The maximum Gasteiger partial charge on any atom is 0.115 e. The molecule has 0 saturated heterocycles. The van der Waals surface area contributed by atoms with Crippen molar-refractivity contribution in [3.63, 3.8) is 0 Å². The number of hydrogen-bond acceptors (Lipinski definition) is 5. The van der Waals surface area contributed by atoms with E-state index in [0.717, 1.165) is 16.8 Å². The molecule has 1 aromatic carbocycles. The average Bonchev–Trinajstić information content (AvgIpc) is 3.00. The van der Waals surface area contributed by atoms with E-state index in [0.29, 0.717) is 0 Å². The van der Waals surface area contributed by atoms with E-state index >= 15 is 0 Å². The monoisotopic (exact) mass is 266 g/mol. The van der Waals surface area contributed by atoms with Crippen molar-refractivity contribution in [2.75, 3.05) is 0 Å². The van der Waals surface area contributed by atoms with E-state index < -0.39 is 0 Å². The molecule has 0 bridgehead atoms. The molecule has 1 atom stereocenters. The summed E-state index contributed by atoms with van der Waals surface area (Å²) in [7, 11) is 0. The van der Waals surface area contributed by atoms with Crippen LogP contribution in [0.15, 0.2) is 61.4 Å². The zero-order valence-corrected chi connectivity index (χ0v) is 10.7. The van der Waals surface area contributed by atoms with Gasteiger partial charge >= 0.3 is 0 Å². The van der Waals surface area contributed by atoms with Gasteiger partial charge in [0.15, 0.2) is 0 Å². The van der Waals surface area contributed by atoms with Gasteiger partial charge in [0.1, 0.15) is 6.33 Å². The molecule has 0 fully saturated rings. The molecule has 6 heteroatoms. The van der Waals surface area contributed by atoms with Crippen LogP contribution < -0.4 is 11.3 Å². The van der Waals surface area contributed by atoms with Crippen LogP contribution >= 0.6 is 0 Å². The van der Waals surface area contributed by atoms with Gasteiger partial charge in [-0.25, -0.2) is 20.1 Å². The molecule has 0 spiro atoms. The largest absolute Gasteiger partial charge is 0.271 e. The molecular weight excluding hydrogens is 252 g/mol. The van der Waals surface area contributed by atoms with Crippen molar-refractivity contribution in [2.24, 2.45) is 5.84 Å². The van der Waals surface area contributed by atoms with Gasteiger partial charge in [-0.15, -0.1) is 0 Å². The van der Waals surface area contributed by atoms with Gasteiger partial charge in [-0.1, -0.05) is 18.2 Å². The number of nitrogens with two attached hydrogens (primary N) is 1. The third-order valence-corrected chi connectivity index (χ3v) is 3.04. The Morgan fingerprint density at radius 1 is 1.00 bits per heavy atom. The fraction of sp³-hybridized carbons (Fsp3) is 0.0714. The predicted octanol–water partition coefficient (Wildman–Crippen LogP) is 1.21. The maximum absolute atomic E-state index is 5.64. The Hall–Kier alpha value is -2.57. The molecule has 0 saturated carbocycles. The molecule has 0 aliphatic heterocycles. The van der Waals surface area contributed by atoms with Crippen LogP contribution in [-0.4, -0.2) is 19.7 Å². The summed E-state index contributed by atoms with van der Waals surface area (Å²) in [5, 5.41) is 4.36. The lowest BCUT2D eigenvalue weighted by Crippen LogP contribution is -2.28. The summed E-state index contributed by atoms with van der Waals surface area (Å²) in [6.45, 7) is 0. The molecule has 20 heavy (non-hydrogen) atoms. The van der Waals surface area contributed by atoms with E-state index in [-0.39, 0.29) is 6.04 Å². The fourth-order valence-electron chi connectivity index (χ4n) is 2.05. The van der Waals surface area contributed by atoms with E-state index in [9.17, 15) is 0 Å². The quantitative estimate of drug-likeness (QED) is 0.548. The standard InChI is InChI=1S/C14H14N6/c15-19-14(11-6-16-10-17-7-11)12-8-18-20(9-12)13-4-2-1-3-5-13/h1-10,14,19H,15H2. The van der Waals surface area contributed by atoms with Gasteiger partial charge in [0, 0.05) is 29.7 Å². The number of nitrogens with zero attached hydrogens (tertiary/aromatic N) is 4. The van der Waals surface area contributed by atoms with Crippen LogP contribution in [0.5, 0.6) is 0 Å². The summed E-state index contributed by atoms with van der Waals surface area (Å²) < 4.78 is 1.81. The van der Waals surface area contributed by atoms with Crippen molar-refractivity contribution < 1.29 is 0 Å². The lowest BCUT2D eigenvalue weighted by molar-refractivity contribution is 0.631. The fourth-order valence-corrected chi connectivity index (χ4v) is 2.05. The van der Waals surface area contributed by atoms with Crippen LogP contribution in [0.1, 0.15) is 17.2 Å². The minimum absolute atomic E-state index is 0.186. The summed E-state index contributed by atoms with van der Waals surface area (Å²) in [4.78, 5) is 8.02. The van der Waals surface area contributed by atoms with Gasteiger partial charge in [-0.05, 0) is 12.1 Å². The zero-order chi connectivity index (χ0) is 13.8. The second-order valence-corrected chi connectivity index (χ2v) is 4.33. The first kappa shape index (κ1) is 12.5. The predicted molar refractivity (Wildman–Crippen MR) is 74.8 cm³/mol. The minimum Gasteiger partial charge on any atom is -0.271 e. The molecule has 1 unspecified atom stereocenters. The van der Waals surface area contributed by atoms with Crippen molar-refractivity contribution >= 4 is 0 Å². The Morgan fingerprint density at radius 2 is 1.75 bits per heavy atom. The lowest BCUT2D eigenvalue weighted by atomic mass is 10.1. The lowest BCUT2D eigenvalue weighted by Gasteiger charge is -2.13. The van der Waals surface area contributed by atoms with Gasteiger partial charge in [0.2, 0.25) is 0 Å². The van der Waals surface area contributed by atoms with Crippen molar-refractivity contribution in [3.8, 4) is 5.69 Å². The summed E-state index contributed by atoms with van der Waals surface area (Å²) >= 11 is 0. The second-order valence-electron chi connectivity index (χ2n) is 4.33. The van der Waals surface area contributed by atoms with Crippen molar-refractivity contribution in [3.05, 3.63) is 72.6 Å². The Kier molecular flexibility index (Phi) is 3.49. The number of hydrazine groups is 1. The molecule has 0 aliphatic rings. The summed E-state index contributed by atoms with van der Waals surface area (Å²) in [5.41, 5.74) is 5.61. The van der Waals surface area contributed by atoms with E-state index in [1.807, 2.05) is 41.2 Å². The molecule has 6 nitrogen and oxygen atoms in total. The van der Waals surface area contributed by atoms with E-state index in [1.165, 1.54) is 6.33 Å². The first-order valence-corrected chi connectivity index (χ1v) is 6.19. The minimum atomic E-state index is -0.186. The van der Waals surface area contributed by atoms with Gasteiger partial charge in [0.25, 0.3) is 0 Å². The van der Waals surface area contributed by atoms with Crippen LogP contribution in [0.3, 0.4) is 0 Å². The molecule has 2 aromatic heterocycles. The average molecular weight is 266 g/mol. The summed E-state index contributed by atoms with van der Waals surface area (Å²) in [5.74, 6) is 5.64. The number of nitrogens with one attached hydrogen (secondary N) is 1. The highest BCUT2D eigenvalue weighted by atomic mass is 15.3. The Morgan fingerprint density at radius 3 is 2.45 bits per heavy atom. The molecule has 3 N–H and O–H groups in total. The number of benzene rings is 1. The van der Waals surface area contributed by atoms with Crippen LogP contribution in [0, 0.1) is 0 Å². The van der Waals surface area contributed by atoms with Crippen molar-refractivity contribution in [1.82, 2.24) is 25.2 Å². The Balaban J connectivity index is 1.93. The van der Waals surface area contributed by atoms with E-state index in [1.54, 1.807) is 18.6 Å². The van der Waals surface area contributed by atoms with E-state index in [4.69, 9.17) is 5.84 Å². The van der Waals surface area contributed by atoms with Crippen LogP contribution in [0.2, 0.25) is 0 Å². The molecular formula is C14H14N6. The topological polar surface area (TPSA) is 81.7 Å². The summed E-state index contributed by atoms with van der Waals surface area (Å²) in [6.07, 6.45) is 8.68. The molecule has 3 aromatic rings. The van der Waals surface area contributed by atoms with Gasteiger partial charge in [0.05, 0.1) is 17.9 Å². The SMILES string of the molecule is NNC(c1cncnc1)c1cnn(-c2ccccc2)c1. The molecule has 0 aliphatic carbocycles. The third-order valence-electron chi connectivity index (χ3n) is 3.04. The second kappa shape index (κ2) is 5.60. The Labute approximate surface area is 116 Å². The van der Waals surface area contributed by atoms with Gasteiger partial charge in [-0.2, -0.15) is 5.10 Å². The van der Waals surface area contributed by atoms with Gasteiger partial charge < -0.3 is 0 Å². The first-order valence-electron chi connectivity index (χ1n) is 6.19. The van der Waals surface area contributed by atoms with E-state index in [2.05, 4.69) is 20.5 Å². The highest BCUT2D eigenvalue weighted by Gasteiger charge is 2.15. The zero-order valence-electron chi connectivity index (χ0n) is 10.7. The normalized spacial score (nSPS) is 12.2. The molecule has 3 rings (SSSR count). The van der Waals surface area contributed by atoms with Gasteiger partial charge in [-0.3, -0.25) is 5.84 Å². The number of para-hydroxylation sites is 1. The van der Waals surface area contributed by atoms with Crippen LogP contribution in [0.4, 0.5) is 0 Å². The Bertz CT molecular complexity index is 664. The molecule has 2 heterocycles. The summed E-state index contributed by atoms with van der Waals surface area (Å²) in [6, 6.07) is 9.72. The third kappa shape index (κ3) is 2.42. The van der Waals surface area contributed by atoms with Crippen molar-refractivity contribution in [1.29, 1.82) is 0 Å². The molecule has 0 amide bonds. The molecule has 0 radical (unpaired) electrons. The maximum atomic E-state index is 5.64. The van der Waals surface area contributed by atoms with Crippen LogP contribution in [0.25, 0.3) is 5.69 Å². The number of aromatic nitrogens is 4. The van der Waals surface area contributed by atoms with Crippen LogP contribution in [-0.2, 0) is 0 Å². The number of rotatable bonds is 4. The number of hydrogen-bond donors (Lipinski definition) is 2.